The zero-order valence-electron chi connectivity index (χ0n) is 20.0. The third-order valence-electron chi connectivity index (χ3n) is 5.44. The molecule has 0 heterocycles. The van der Waals surface area contributed by atoms with Crippen molar-refractivity contribution in [3.05, 3.63) is 131 Å². The smallest absolute Gasteiger partial charge is 0.0684 e. The monoisotopic (exact) mass is 435 g/mol. The predicted octanol–water partition coefficient (Wildman–Crippen LogP) is 6.51. The number of hydrogen-bond donors (Lipinski definition) is 1. The van der Waals surface area contributed by atoms with Crippen molar-refractivity contribution in [2.45, 2.75) is 6.42 Å². The molecule has 0 spiro atoms. The minimum Gasteiger partial charge on any atom is -0.378 e. The van der Waals surface area contributed by atoms with Crippen molar-refractivity contribution >= 4 is 17.1 Å². The van der Waals surface area contributed by atoms with Crippen LogP contribution in [0.2, 0.25) is 0 Å². The summed E-state index contributed by atoms with van der Waals surface area (Å²) < 4.78 is 0. The van der Waals surface area contributed by atoms with E-state index >= 15 is 0 Å². The van der Waals surface area contributed by atoms with Crippen LogP contribution >= 0.6 is 0 Å². The van der Waals surface area contributed by atoms with Crippen LogP contribution < -0.4 is 9.80 Å². The maximum absolute atomic E-state index is 8.30. The van der Waals surface area contributed by atoms with Crippen LogP contribution in [0.1, 0.15) is 22.3 Å². The molecule has 4 rings (SSSR count). The molecule has 0 unspecified atom stereocenters. The number of benzene rings is 4. The first kappa shape index (κ1) is 23.8. The van der Waals surface area contributed by atoms with Gasteiger partial charge in [0, 0.05) is 50.7 Å². The summed E-state index contributed by atoms with van der Waals surface area (Å²) in [6, 6.07) is 37.2. The van der Waals surface area contributed by atoms with E-state index in [1.807, 2.05) is 76.7 Å². The fourth-order valence-electron chi connectivity index (χ4n) is 3.45. The standard InChI is InChI=1S/C17H21N3.C13H12/c1-19(2)15-9-5-13(6-10-15)17(18)14-7-11-16(12-8-14)20(3)4;1-3-7-12(8-4-1)11-13-9-5-2-6-10-13/h5-12,18H,1-4H3;1-10H,11H2. The molecule has 4 aromatic carbocycles. The Labute approximate surface area is 198 Å². The van der Waals surface area contributed by atoms with Gasteiger partial charge in [0.15, 0.2) is 0 Å². The van der Waals surface area contributed by atoms with Crippen molar-refractivity contribution in [2.24, 2.45) is 0 Å². The number of nitrogens with one attached hydrogen (secondary N) is 1. The number of hydrogen-bond acceptors (Lipinski definition) is 3. The summed E-state index contributed by atoms with van der Waals surface area (Å²) in [5.41, 5.74) is 7.46. The first-order valence-electron chi connectivity index (χ1n) is 11.2. The average molecular weight is 436 g/mol. The molecule has 0 amide bonds. The topological polar surface area (TPSA) is 30.3 Å². The first-order chi connectivity index (χ1) is 15.9. The molecule has 0 radical (unpaired) electrons. The van der Waals surface area contributed by atoms with E-state index in [2.05, 4.69) is 70.5 Å². The van der Waals surface area contributed by atoms with E-state index in [0.717, 1.165) is 28.9 Å². The van der Waals surface area contributed by atoms with Crippen LogP contribution in [-0.4, -0.2) is 33.9 Å². The molecule has 0 saturated heterocycles. The second-order valence-corrected chi connectivity index (χ2v) is 8.41. The van der Waals surface area contributed by atoms with Gasteiger partial charge in [-0.1, -0.05) is 84.9 Å². The van der Waals surface area contributed by atoms with E-state index in [9.17, 15) is 0 Å². The van der Waals surface area contributed by atoms with Gasteiger partial charge in [-0.05, 0) is 41.8 Å². The Bertz CT molecular complexity index is 1020. The van der Waals surface area contributed by atoms with Gasteiger partial charge < -0.3 is 9.80 Å². The van der Waals surface area contributed by atoms with E-state index < -0.39 is 0 Å². The van der Waals surface area contributed by atoms with Crippen LogP contribution in [0.3, 0.4) is 0 Å². The molecule has 0 bridgehead atoms. The largest absolute Gasteiger partial charge is 0.378 e. The lowest BCUT2D eigenvalue weighted by molar-refractivity contribution is 1.13. The van der Waals surface area contributed by atoms with Gasteiger partial charge in [0.1, 0.15) is 0 Å². The Balaban J connectivity index is 0.000000203. The van der Waals surface area contributed by atoms with Gasteiger partial charge in [0.2, 0.25) is 0 Å². The van der Waals surface area contributed by atoms with E-state index in [-0.39, 0.29) is 0 Å². The maximum Gasteiger partial charge on any atom is 0.0684 e. The van der Waals surface area contributed by atoms with E-state index in [0.29, 0.717) is 5.71 Å². The van der Waals surface area contributed by atoms with Crippen LogP contribution in [0.25, 0.3) is 0 Å². The van der Waals surface area contributed by atoms with Crippen LogP contribution in [-0.2, 0) is 6.42 Å². The highest BCUT2D eigenvalue weighted by Crippen LogP contribution is 2.18. The summed E-state index contributed by atoms with van der Waals surface area (Å²) in [5.74, 6) is 0. The van der Waals surface area contributed by atoms with Gasteiger partial charge >= 0.3 is 0 Å². The summed E-state index contributed by atoms with van der Waals surface area (Å²) in [5, 5.41) is 8.30. The molecule has 0 aromatic heterocycles. The fraction of sp³-hybridized carbons (Fsp3) is 0.167. The summed E-state index contributed by atoms with van der Waals surface area (Å²) in [6.07, 6.45) is 1.03. The second-order valence-electron chi connectivity index (χ2n) is 8.41. The summed E-state index contributed by atoms with van der Waals surface area (Å²) in [6.45, 7) is 0. The Morgan fingerprint density at radius 3 is 1.15 bits per heavy atom. The average Bonchev–Trinajstić information content (AvgIpc) is 2.85. The Morgan fingerprint density at radius 2 is 0.848 bits per heavy atom. The molecule has 0 saturated carbocycles. The molecule has 0 aliphatic heterocycles. The third kappa shape index (κ3) is 7.08. The van der Waals surface area contributed by atoms with Crippen LogP contribution in [0, 0.1) is 5.41 Å². The summed E-state index contributed by atoms with van der Waals surface area (Å²) >= 11 is 0. The highest BCUT2D eigenvalue weighted by atomic mass is 15.1. The lowest BCUT2D eigenvalue weighted by Gasteiger charge is -2.14. The van der Waals surface area contributed by atoms with E-state index in [4.69, 9.17) is 5.41 Å². The predicted molar refractivity (Wildman–Crippen MR) is 143 cm³/mol. The van der Waals surface area contributed by atoms with Crippen molar-refractivity contribution in [3.8, 4) is 0 Å². The zero-order valence-corrected chi connectivity index (χ0v) is 20.0. The second kappa shape index (κ2) is 11.7. The highest BCUT2D eigenvalue weighted by molar-refractivity contribution is 6.11. The van der Waals surface area contributed by atoms with Crippen molar-refractivity contribution in [2.75, 3.05) is 38.0 Å². The number of nitrogens with zero attached hydrogens (tertiary/aromatic N) is 2. The van der Waals surface area contributed by atoms with Gasteiger partial charge in [-0.2, -0.15) is 0 Å². The highest BCUT2D eigenvalue weighted by Gasteiger charge is 2.06. The molecular formula is C30H33N3. The van der Waals surface area contributed by atoms with Crippen LogP contribution in [0.4, 0.5) is 11.4 Å². The SMILES string of the molecule is CN(C)c1ccc(C(=N)c2ccc(N(C)C)cc2)cc1.c1ccc(Cc2ccccc2)cc1. The van der Waals surface area contributed by atoms with Gasteiger partial charge in [0.05, 0.1) is 5.71 Å². The normalized spacial score (nSPS) is 10.1. The molecule has 168 valence electrons. The lowest BCUT2D eigenvalue weighted by Crippen LogP contribution is -2.10. The van der Waals surface area contributed by atoms with Gasteiger partial charge in [0.25, 0.3) is 0 Å². The molecule has 0 aliphatic carbocycles. The van der Waals surface area contributed by atoms with Gasteiger partial charge in [-0.15, -0.1) is 0 Å². The third-order valence-corrected chi connectivity index (χ3v) is 5.44. The molecule has 0 atom stereocenters. The fourth-order valence-corrected chi connectivity index (χ4v) is 3.45. The molecule has 0 fully saturated rings. The molecule has 3 heteroatoms. The van der Waals surface area contributed by atoms with Gasteiger partial charge in [-0.25, -0.2) is 0 Å². The molecule has 0 aliphatic rings. The van der Waals surface area contributed by atoms with Crippen molar-refractivity contribution in [3.63, 3.8) is 0 Å². The first-order valence-corrected chi connectivity index (χ1v) is 11.2. The minimum absolute atomic E-state index is 0.556. The molecule has 1 N–H and O–H groups in total. The summed E-state index contributed by atoms with van der Waals surface area (Å²) in [4.78, 5) is 4.11. The number of rotatable bonds is 6. The Hall–Kier alpha value is -3.85. The Kier molecular flexibility index (Phi) is 8.43. The van der Waals surface area contributed by atoms with Crippen LogP contribution in [0.5, 0.6) is 0 Å². The lowest BCUT2D eigenvalue weighted by atomic mass is 10.0. The van der Waals surface area contributed by atoms with E-state index in [1.54, 1.807) is 0 Å². The number of anilines is 2. The van der Waals surface area contributed by atoms with Crippen LogP contribution in [0.15, 0.2) is 109 Å². The van der Waals surface area contributed by atoms with Crippen molar-refractivity contribution in [1.29, 1.82) is 5.41 Å². The zero-order chi connectivity index (χ0) is 23.6. The Morgan fingerprint density at radius 1 is 0.515 bits per heavy atom. The molecule has 33 heavy (non-hydrogen) atoms. The van der Waals surface area contributed by atoms with E-state index in [1.165, 1.54) is 11.1 Å². The minimum atomic E-state index is 0.556. The summed E-state index contributed by atoms with van der Waals surface area (Å²) in [7, 11) is 8.06. The quantitative estimate of drug-likeness (QED) is 0.350. The van der Waals surface area contributed by atoms with Crippen molar-refractivity contribution < 1.29 is 0 Å². The molecular weight excluding hydrogens is 402 g/mol. The molecule has 4 aromatic rings. The van der Waals surface area contributed by atoms with Crippen molar-refractivity contribution in [1.82, 2.24) is 0 Å². The molecule has 3 nitrogen and oxygen atoms in total. The van der Waals surface area contributed by atoms with Gasteiger partial charge in [-0.3, -0.25) is 5.41 Å². The maximum atomic E-state index is 8.30.